The molecule has 4 nitrogen and oxygen atoms in total. The van der Waals surface area contributed by atoms with Gasteiger partial charge >= 0.3 is 0 Å². The number of aliphatic hydroxyl groups excluding tert-OH is 1. The summed E-state index contributed by atoms with van der Waals surface area (Å²) in [6.45, 7) is 7.87. The second-order valence-electron chi connectivity index (χ2n) is 7.05. The van der Waals surface area contributed by atoms with E-state index in [0.717, 1.165) is 59.0 Å². The molecular formula is C22H27ClN2O2. The van der Waals surface area contributed by atoms with Gasteiger partial charge in [0.05, 0.1) is 17.6 Å². The van der Waals surface area contributed by atoms with Gasteiger partial charge in [0.25, 0.3) is 0 Å². The Morgan fingerprint density at radius 3 is 2.56 bits per heavy atom. The van der Waals surface area contributed by atoms with E-state index in [1.807, 2.05) is 25.1 Å². The van der Waals surface area contributed by atoms with Crippen LogP contribution < -0.4 is 4.74 Å². The molecule has 0 spiro atoms. The molecule has 0 amide bonds. The van der Waals surface area contributed by atoms with E-state index in [1.54, 1.807) is 0 Å². The summed E-state index contributed by atoms with van der Waals surface area (Å²) < 4.78 is 8.16. The average Bonchev–Trinajstić information content (AvgIpc) is 2.96. The van der Waals surface area contributed by atoms with E-state index in [1.165, 1.54) is 11.1 Å². The van der Waals surface area contributed by atoms with Crippen LogP contribution in [0.4, 0.5) is 0 Å². The lowest BCUT2D eigenvalue weighted by Crippen LogP contribution is -2.08. The SMILES string of the molecule is Cc1cc2nc(CCCO)n(CCCOc3ccc(Cl)c(C)c3)c2cc1C. The molecule has 5 heteroatoms. The van der Waals surface area contributed by atoms with Gasteiger partial charge in [-0.05, 0) is 80.6 Å². The highest BCUT2D eigenvalue weighted by atomic mass is 35.5. The lowest BCUT2D eigenvalue weighted by atomic mass is 10.1. The van der Waals surface area contributed by atoms with E-state index in [-0.39, 0.29) is 6.61 Å². The Morgan fingerprint density at radius 2 is 1.81 bits per heavy atom. The van der Waals surface area contributed by atoms with Crippen LogP contribution in [0.5, 0.6) is 5.75 Å². The van der Waals surface area contributed by atoms with Gasteiger partial charge in [-0.15, -0.1) is 0 Å². The maximum absolute atomic E-state index is 9.20. The van der Waals surface area contributed by atoms with Gasteiger partial charge in [0.1, 0.15) is 11.6 Å². The van der Waals surface area contributed by atoms with E-state index >= 15 is 0 Å². The van der Waals surface area contributed by atoms with Gasteiger partial charge in [0.2, 0.25) is 0 Å². The molecule has 0 fully saturated rings. The first-order valence-corrected chi connectivity index (χ1v) is 9.83. The Balaban J connectivity index is 1.72. The summed E-state index contributed by atoms with van der Waals surface area (Å²) in [7, 11) is 0. The van der Waals surface area contributed by atoms with Gasteiger partial charge in [-0.1, -0.05) is 11.6 Å². The minimum atomic E-state index is 0.181. The minimum absolute atomic E-state index is 0.181. The molecule has 3 rings (SSSR count). The van der Waals surface area contributed by atoms with E-state index < -0.39 is 0 Å². The summed E-state index contributed by atoms with van der Waals surface area (Å²) in [6.07, 6.45) is 2.38. The molecule has 0 saturated carbocycles. The Bertz CT molecular complexity index is 934. The molecule has 27 heavy (non-hydrogen) atoms. The van der Waals surface area contributed by atoms with Gasteiger partial charge in [-0.25, -0.2) is 4.98 Å². The van der Waals surface area contributed by atoms with Gasteiger partial charge in [-0.2, -0.15) is 0 Å². The van der Waals surface area contributed by atoms with Crippen molar-refractivity contribution in [2.45, 2.75) is 46.6 Å². The van der Waals surface area contributed by atoms with E-state index in [2.05, 4.69) is 30.5 Å². The normalized spacial score (nSPS) is 11.3. The van der Waals surface area contributed by atoms with Crippen LogP contribution in [0.2, 0.25) is 5.02 Å². The summed E-state index contributed by atoms with van der Waals surface area (Å²) in [4.78, 5) is 4.81. The highest BCUT2D eigenvalue weighted by Gasteiger charge is 2.12. The van der Waals surface area contributed by atoms with E-state index in [9.17, 15) is 5.11 Å². The molecule has 1 aromatic heterocycles. The molecule has 0 aliphatic heterocycles. The smallest absolute Gasteiger partial charge is 0.119 e. The number of halogens is 1. The Labute approximate surface area is 165 Å². The molecule has 0 aliphatic carbocycles. The molecular weight excluding hydrogens is 360 g/mol. The number of aliphatic hydroxyl groups is 1. The molecule has 2 aromatic carbocycles. The quantitative estimate of drug-likeness (QED) is 0.553. The molecule has 0 radical (unpaired) electrons. The number of nitrogens with zero attached hydrogens (tertiary/aromatic N) is 2. The van der Waals surface area contributed by atoms with Crippen molar-refractivity contribution < 1.29 is 9.84 Å². The van der Waals surface area contributed by atoms with Crippen LogP contribution in [0.1, 0.15) is 35.4 Å². The number of aryl methyl sites for hydroxylation is 5. The molecule has 1 N–H and O–H groups in total. The summed E-state index contributed by atoms with van der Waals surface area (Å²) in [6, 6.07) is 10.1. The summed E-state index contributed by atoms with van der Waals surface area (Å²) >= 11 is 6.06. The van der Waals surface area contributed by atoms with Crippen molar-refractivity contribution in [1.29, 1.82) is 0 Å². The molecule has 144 valence electrons. The van der Waals surface area contributed by atoms with Gasteiger partial charge < -0.3 is 14.4 Å². The maximum atomic E-state index is 9.20. The monoisotopic (exact) mass is 386 g/mol. The molecule has 0 unspecified atom stereocenters. The Morgan fingerprint density at radius 1 is 1.04 bits per heavy atom. The van der Waals surface area contributed by atoms with Crippen LogP contribution in [0.25, 0.3) is 11.0 Å². The lowest BCUT2D eigenvalue weighted by Gasteiger charge is -2.11. The van der Waals surface area contributed by atoms with Crippen molar-refractivity contribution in [2.75, 3.05) is 13.2 Å². The van der Waals surface area contributed by atoms with Crippen molar-refractivity contribution in [1.82, 2.24) is 9.55 Å². The third-order valence-electron chi connectivity index (χ3n) is 4.93. The Kier molecular flexibility index (Phi) is 6.40. The summed E-state index contributed by atoms with van der Waals surface area (Å²) in [5.74, 6) is 1.88. The first-order valence-electron chi connectivity index (χ1n) is 9.45. The first-order chi connectivity index (χ1) is 13.0. The largest absolute Gasteiger partial charge is 0.494 e. The van der Waals surface area contributed by atoms with Crippen molar-refractivity contribution in [3.8, 4) is 5.75 Å². The van der Waals surface area contributed by atoms with Crippen molar-refractivity contribution in [2.24, 2.45) is 0 Å². The van der Waals surface area contributed by atoms with Crippen LogP contribution in [-0.2, 0) is 13.0 Å². The molecule has 1 heterocycles. The number of hydrogen-bond acceptors (Lipinski definition) is 3. The van der Waals surface area contributed by atoms with E-state index in [0.29, 0.717) is 6.61 Å². The number of aromatic nitrogens is 2. The van der Waals surface area contributed by atoms with Crippen LogP contribution in [0, 0.1) is 20.8 Å². The number of ether oxygens (including phenoxy) is 1. The summed E-state index contributed by atoms with van der Waals surface area (Å²) in [5.41, 5.74) is 5.73. The number of fused-ring (bicyclic) bond motifs is 1. The van der Waals surface area contributed by atoms with Crippen molar-refractivity contribution >= 4 is 22.6 Å². The second-order valence-corrected chi connectivity index (χ2v) is 7.45. The predicted molar refractivity (Wildman–Crippen MR) is 111 cm³/mol. The zero-order valence-corrected chi connectivity index (χ0v) is 17.0. The van der Waals surface area contributed by atoms with Gasteiger partial charge in [0, 0.05) is 24.6 Å². The molecule has 0 atom stereocenters. The van der Waals surface area contributed by atoms with Crippen LogP contribution in [0.3, 0.4) is 0 Å². The number of rotatable bonds is 8. The fourth-order valence-corrected chi connectivity index (χ4v) is 3.34. The molecule has 3 aromatic rings. The first kappa shape index (κ1) is 19.7. The maximum Gasteiger partial charge on any atom is 0.119 e. The highest BCUT2D eigenvalue weighted by Crippen LogP contribution is 2.23. The molecule has 0 saturated heterocycles. The third-order valence-corrected chi connectivity index (χ3v) is 5.35. The summed E-state index contributed by atoms with van der Waals surface area (Å²) in [5, 5.41) is 9.95. The fraction of sp³-hybridized carbons (Fsp3) is 0.409. The average molecular weight is 387 g/mol. The van der Waals surface area contributed by atoms with E-state index in [4.69, 9.17) is 21.3 Å². The van der Waals surface area contributed by atoms with Crippen molar-refractivity contribution in [3.63, 3.8) is 0 Å². The number of imidazole rings is 1. The Hall–Kier alpha value is -2.04. The minimum Gasteiger partial charge on any atom is -0.494 e. The predicted octanol–water partition coefficient (Wildman–Crippen LogP) is 5.01. The van der Waals surface area contributed by atoms with Crippen molar-refractivity contribution in [3.05, 3.63) is 57.9 Å². The number of hydrogen-bond donors (Lipinski definition) is 1. The number of benzene rings is 2. The topological polar surface area (TPSA) is 47.3 Å². The zero-order chi connectivity index (χ0) is 19.4. The second kappa shape index (κ2) is 8.77. The lowest BCUT2D eigenvalue weighted by molar-refractivity contribution is 0.285. The fourth-order valence-electron chi connectivity index (χ4n) is 3.23. The molecule has 0 aliphatic rings. The van der Waals surface area contributed by atoms with Crippen LogP contribution in [0.15, 0.2) is 30.3 Å². The van der Waals surface area contributed by atoms with Crippen LogP contribution in [-0.4, -0.2) is 27.9 Å². The highest BCUT2D eigenvalue weighted by molar-refractivity contribution is 6.31. The zero-order valence-electron chi connectivity index (χ0n) is 16.3. The molecule has 0 bridgehead atoms. The van der Waals surface area contributed by atoms with Crippen LogP contribution >= 0.6 is 11.6 Å². The van der Waals surface area contributed by atoms with Gasteiger partial charge in [-0.3, -0.25) is 0 Å². The third kappa shape index (κ3) is 4.63. The van der Waals surface area contributed by atoms with Gasteiger partial charge in [0.15, 0.2) is 0 Å². The standard InChI is InChI=1S/C22H27ClN2O2/c1-15-13-20-21(14-16(15)2)25(22(24-20)6-4-10-26)9-5-11-27-18-7-8-19(23)17(3)12-18/h7-8,12-14,26H,4-6,9-11H2,1-3H3.